The molecule has 0 amide bonds. The lowest BCUT2D eigenvalue weighted by molar-refractivity contribution is -0.0511. The number of aromatic nitrogens is 4. The maximum absolute atomic E-state index is 10.3. The molecule has 2 unspecified atom stereocenters. The number of hydrogen-bond donors (Lipinski definition) is 5. The summed E-state index contributed by atoms with van der Waals surface area (Å²) in [5.74, 6) is 1.000. The van der Waals surface area contributed by atoms with Crippen LogP contribution in [0.3, 0.4) is 0 Å². The van der Waals surface area contributed by atoms with Crippen LogP contribution in [0.15, 0.2) is 30.9 Å². The summed E-state index contributed by atoms with van der Waals surface area (Å²) >= 11 is 0. The Morgan fingerprint density at radius 2 is 2.03 bits per heavy atom. The molecule has 30 heavy (non-hydrogen) atoms. The Morgan fingerprint density at radius 1 is 1.20 bits per heavy atom. The zero-order chi connectivity index (χ0) is 21.3. The van der Waals surface area contributed by atoms with Crippen molar-refractivity contribution in [2.75, 3.05) is 25.6 Å². The zero-order valence-electron chi connectivity index (χ0n) is 16.2. The molecule has 0 aliphatic carbocycles. The summed E-state index contributed by atoms with van der Waals surface area (Å²) < 4.78 is 12.1. The molecule has 1 aromatic carbocycles. The summed E-state index contributed by atoms with van der Waals surface area (Å²) in [7, 11) is 1.50. The summed E-state index contributed by atoms with van der Waals surface area (Å²) in [6.07, 6.45) is -0.810. The molecule has 160 valence electrons. The predicted molar refractivity (Wildman–Crippen MR) is 105 cm³/mol. The molecule has 11 nitrogen and oxygen atoms in total. The van der Waals surface area contributed by atoms with Crippen molar-refractivity contribution in [2.45, 2.75) is 31.0 Å². The molecule has 1 saturated heterocycles. The second-order valence-electron chi connectivity index (χ2n) is 6.96. The standard InChI is InChI=1S/C19H23N5O6/c1-29-12-3-2-10(6-11(12)26)4-5-20-17-14-18(22-8-21-17)24(9-23-14)19-16(28)15(27)13(7-25)30-19/h2-3,6,8-9,13,15-16,19,25-28H,4-5,7H2,1H3,(H,20,21,22)/t13-,15?,16?,19-/m1/s1. The molecule has 0 saturated carbocycles. The number of nitrogens with zero attached hydrogens (tertiary/aromatic N) is 4. The summed E-state index contributed by atoms with van der Waals surface area (Å²) in [4.78, 5) is 12.8. The third-order valence-corrected chi connectivity index (χ3v) is 5.10. The first-order valence-corrected chi connectivity index (χ1v) is 9.43. The summed E-state index contributed by atoms with van der Waals surface area (Å²) in [5.41, 5.74) is 1.82. The molecule has 0 bridgehead atoms. The Labute approximate surface area is 171 Å². The topological polar surface area (TPSA) is 155 Å². The number of methoxy groups -OCH3 is 1. The second-order valence-corrected chi connectivity index (χ2v) is 6.96. The summed E-state index contributed by atoms with van der Waals surface area (Å²) in [6.45, 7) is 0.114. The van der Waals surface area contributed by atoms with Crippen molar-refractivity contribution in [3.05, 3.63) is 36.4 Å². The number of aliphatic hydroxyl groups excluding tert-OH is 3. The van der Waals surface area contributed by atoms with Crippen molar-refractivity contribution < 1.29 is 29.9 Å². The Kier molecular flexibility index (Phi) is 5.68. The first-order valence-electron chi connectivity index (χ1n) is 9.43. The normalized spacial score (nSPS) is 23.7. The number of phenols is 1. The van der Waals surface area contributed by atoms with Crippen molar-refractivity contribution >= 4 is 17.0 Å². The molecule has 4 rings (SSSR count). The molecule has 2 aromatic heterocycles. The number of imidazole rings is 1. The van der Waals surface area contributed by atoms with Gasteiger partial charge in [-0.05, 0) is 24.1 Å². The van der Waals surface area contributed by atoms with Gasteiger partial charge in [-0.3, -0.25) is 4.57 Å². The van der Waals surface area contributed by atoms with Crippen LogP contribution in [0.2, 0.25) is 0 Å². The van der Waals surface area contributed by atoms with Crippen molar-refractivity contribution in [3.8, 4) is 11.5 Å². The Balaban J connectivity index is 1.49. The molecular formula is C19H23N5O6. The summed E-state index contributed by atoms with van der Waals surface area (Å²) in [6, 6.07) is 5.22. The van der Waals surface area contributed by atoms with E-state index in [1.54, 1.807) is 12.1 Å². The number of nitrogens with one attached hydrogen (secondary N) is 1. The van der Waals surface area contributed by atoms with Crippen molar-refractivity contribution in [1.82, 2.24) is 19.5 Å². The Morgan fingerprint density at radius 3 is 2.73 bits per heavy atom. The van der Waals surface area contributed by atoms with Gasteiger partial charge in [0.1, 0.15) is 24.6 Å². The fourth-order valence-electron chi connectivity index (χ4n) is 3.49. The van der Waals surface area contributed by atoms with Crippen LogP contribution in [0.5, 0.6) is 11.5 Å². The first-order chi connectivity index (χ1) is 14.5. The van der Waals surface area contributed by atoms with Gasteiger partial charge < -0.3 is 35.2 Å². The van der Waals surface area contributed by atoms with Crippen molar-refractivity contribution in [1.29, 1.82) is 0 Å². The number of ether oxygens (including phenoxy) is 2. The van der Waals surface area contributed by atoms with E-state index in [1.165, 1.54) is 24.3 Å². The van der Waals surface area contributed by atoms with Crippen LogP contribution < -0.4 is 10.1 Å². The minimum atomic E-state index is -1.23. The molecule has 0 spiro atoms. The number of aromatic hydroxyl groups is 1. The van der Waals surface area contributed by atoms with Crippen LogP contribution >= 0.6 is 0 Å². The average molecular weight is 417 g/mol. The highest BCUT2D eigenvalue weighted by Crippen LogP contribution is 2.32. The van der Waals surface area contributed by atoms with E-state index < -0.39 is 31.1 Å². The number of aliphatic hydroxyl groups is 3. The van der Waals surface area contributed by atoms with Gasteiger partial charge in [-0.2, -0.15) is 0 Å². The van der Waals surface area contributed by atoms with Gasteiger partial charge in [-0.1, -0.05) is 6.07 Å². The molecule has 3 aromatic rings. The van der Waals surface area contributed by atoms with Gasteiger partial charge in [-0.25, -0.2) is 15.0 Å². The van der Waals surface area contributed by atoms with Crippen molar-refractivity contribution in [3.63, 3.8) is 0 Å². The lowest BCUT2D eigenvalue weighted by Gasteiger charge is -2.16. The van der Waals surface area contributed by atoms with Gasteiger partial charge >= 0.3 is 0 Å². The molecular weight excluding hydrogens is 394 g/mol. The molecule has 1 fully saturated rings. The quantitative estimate of drug-likeness (QED) is 0.349. The van der Waals surface area contributed by atoms with Crippen LogP contribution in [0.1, 0.15) is 11.8 Å². The molecule has 11 heteroatoms. The SMILES string of the molecule is COc1ccc(CCNc2ncnc3c2ncn3[C@@H]2O[C@H](CO)C(O)C2O)cc1O. The van der Waals surface area contributed by atoms with Gasteiger partial charge in [0, 0.05) is 6.54 Å². The van der Waals surface area contributed by atoms with Crippen LogP contribution in [-0.2, 0) is 11.2 Å². The van der Waals surface area contributed by atoms with Gasteiger partial charge in [0.05, 0.1) is 20.0 Å². The highest BCUT2D eigenvalue weighted by molar-refractivity contribution is 5.82. The van der Waals surface area contributed by atoms with Crippen LogP contribution in [0, 0.1) is 0 Å². The third-order valence-electron chi connectivity index (χ3n) is 5.10. The Bertz CT molecular complexity index is 1030. The van der Waals surface area contributed by atoms with E-state index in [1.807, 2.05) is 6.07 Å². The molecule has 4 atom stereocenters. The van der Waals surface area contributed by atoms with Gasteiger partial charge in [0.15, 0.2) is 34.7 Å². The van der Waals surface area contributed by atoms with E-state index in [0.29, 0.717) is 35.7 Å². The maximum Gasteiger partial charge on any atom is 0.167 e. The number of fused-ring (bicyclic) bond motifs is 1. The van der Waals surface area contributed by atoms with E-state index in [2.05, 4.69) is 20.3 Å². The van der Waals surface area contributed by atoms with Gasteiger partial charge in [0.25, 0.3) is 0 Å². The maximum atomic E-state index is 10.3. The minimum absolute atomic E-state index is 0.0802. The predicted octanol–water partition coefficient (Wildman–Crippen LogP) is -0.193. The molecule has 1 aliphatic rings. The lowest BCUT2D eigenvalue weighted by Crippen LogP contribution is -2.33. The highest BCUT2D eigenvalue weighted by atomic mass is 16.6. The zero-order valence-corrected chi connectivity index (χ0v) is 16.2. The molecule has 0 radical (unpaired) electrons. The Hall–Kier alpha value is -2.99. The van der Waals surface area contributed by atoms with E-state index >= 15 is 0 Å². The number of anilines is 1. The van der Waals surface area contributed by atoms with Crippen LogP contribution in [0.4, 0.5) is 5.82 Å². The smallest absolute Gasteiger partial charge is 0.167 e. The number of rotatable bonds is 7. The lowest BCUT2D eigenvalue weighted by atomic mass is 10.1. The van der Waals surface area contributed by atoms with Gasteiger partial charge in [-0.15, -0.1) is 0 Å². The van der Waals surface area contributed by atoms with Gasteiger partial charge in [0.2, 0.25) is 0 Å². The minimum Gasteiger partial charge on any atom is -0.504 e. The largest absolute Gasteiger partial charge is 0.504 e. The molecule has 3 heterocycles. The summed E-state index contributed by atoms with van der Waals surface area (Å²) in [5, 5.41) is 42.6. The number of benzene rings is 1. The first kappa shape index (κ1) is 20.3. The highest BCUT2D eigenvalue weighted by Gasteiger charge is 2.44. The van der Waals surface area contributed by atoms with Crippen LogP contribution in [-0.4, -0.2) is 78.5 Å². The van der Waals surface area contributed by atoms with E-state index in [-0.39, 0.29) is 5.75 Å². The van der Waals surface area contributed by atoms with Crippen molar-refractivity contribution in [2.24, 2.45) is 0 Å². The second kappa shape index (κ2) is 8.40. The molecule has 5 N–H and O–H groups in total. The van der Waals surface area contributed by atoms with E-state index in [9.17, 15) is 20.4 Å². The fraction of sp³-hybridized carbons (Fsp3) is 0.421. The monoisotopic (exact) mass is 417 g/mol. The third kappa shape index (κ3) is 3.63. The van der Waals surface area contributed by atoms with E-state index in [0.717, 1.165) is 5.56 Å². The average Bonchev–Trinajstić information content (AvgIpc) is 3.30. The number of phenolic OH excluding ortho intramolecular Hbond substituents is 1. The molecule has 1 aliphatic heterocycles. The van der Waals surface area contributed by atoms with E-state index in [4.69, 9.17) is 9.47 Å². The fourth-order valence-corrected chi connectivity index (χ4v) is 3.49. The van der Waals surface area contributed by atoms with Crippen LogP contribution in [0.25, 0.3) is 11.2 Å². The number of hydrogen-bond acceptors (Lipinski definition) is 10.